The van der Waals surface area contributed by atoms with Crippen LogP contribution in [-0.2, 0) is 9.31 Å². The van der Waals surface area contributed by atoms with Crippen molar-refractivity contribution >= 4 is 7.12 Å². The predicted molar refractivity (Wildman–Crippen MR) is 76.4 cm³/mol. The SMILES string of the molecule is CCC1CCC=C(B2OC(C)(C)C(C)(C)O2)CC1. The van der Waals surface area contributed by atoms with Crippen molar-refractivity contribution in [2.45, 2.75) is 77.9 Å². The van der Waals surface area contributed by atoms with Crippen LogP contribution in [0.3, 0.4) is 0 Å². The molecule has 0 saturated carbocycles. The standard InChI is InChI=1S/C15H27BO2/c1-6-12-8-7-9-13(11-10-12)16-17-14(2,3)15(4,5)18-16/h9,12H,6-8,10-11H2,1-5H3. The summed E-state index contributed by atoms with van der Waals surface area (Å²) in [6, 6.07) is 0. The third-order valence-corrected chi connectivity index (χ3v) is 4.96. The molecule has 1 unspecified atom stereocenters. The quantitative estimate of drug-likeness (QED) is 0.685. The van der Waals surface area contributed by atoms with E-state index in [-0.39, 0.29) is 18.3 Å². The average molecular weight is 250 g/mol. The lowest BCUT2D eigenvalue weighted by molar-refractivity contribution is 0.00578. The molecule has 1 heterocycles. The van der Waals surface area contributed by atoms with Crippen LogP contribution in [-0.4, -0.2) is 18.3 Å². The third-order valence-electron chi connectivity index (χ3n) is 4.96. The highest BCUT2D eigenvalue weighted by molar-refractivity contribution is 6.54. The van der Waals surface area contributed by atoms with Gasteiger partial charge in [-0.2, -0.15) is 0 Å². The van der Waals surface area contributed by atoms with Crippen molar-refractivity contribution in [2.24, 2.45) is 5.92 Å². The van der Waals surface area contributed by atoms with Crippen LogP contribution in [0.25, 0.3) is 0 Å². The summed E-state index contributed by atoms with van der Waals surface area (Å²) in [6.45, 7) is 10.8. The monoisotopic (exact) mass is 250 g/mol. The van der Waals surface area contributed by atoms with Gasteiger partial charge in [0.15, 0.2) is 0 Å². The van der Waals surface area contributed by atoms with E-state index in [1.165, 1.54) is 31.2 Å². The van der Waals surface area contributed by atoms with Crippen LogP contribution >= 0.6 is 0 Å². The molecule has 1 aliphatic heterocycles. The second-order valence-corrected chi connectivity index (χ2v) is 6.76. The van der Waals surface area contributed by atoms with E-state index in [0.29, 0.717) is 0 Å². The minimum absolute atomic E-state index is 0.120. The van der Waals surface area contributed by atoms with E-state index in [1.807, 2.05) is 0 Å². The first-order chi connectivity index (χ1) is 8.36. The molecule has 0 aromatic carbocycles. The molecule has 0 aromatic heterocycles. The maximum Gasteiger partial charge on any atom is 0.490 e. The molecular weight excluding hydrogens is 223 g/mol. The molecule has 0 N–H and O–H groups in total. The summed E-state index contributed by atoms with van der Waals surface area (Å²) in [5.74, 6) is 0.876. The first-order valence-electron chi connectivity index (χ1n) is 7.40. The van der Waals surface area contributed by atoms with E-state index in [9.17, 15) is 0 Å². The van der Waals surface area contributed by atoms with Crippen LogP contribution < -0.4 is 0 Å². The molecular formula is C15H27BO2. The molecule has 3 heteroatoms. The Balaban J connectivity index is 2.04. The molecule has 0 radical (unpaired) electrons. The third kappa shape index (κ3) is 2.67. The molecule has 0 spiro atoms. The Bertz CT molecular complexity index is 317. The molecule has 18 heavy (non-hydrogen) atoms. The van der Waals surface area contributed by atoms with Crippen LogP contribution in [0.4, 0.5) is 0 Å². The zero-order valence-corrected chi connectivity index (χ0v) is 12.6. The average Bonchev–Trinajstić information content (AvgIpc) is 2.47. The molecule has 2 nitrogen and oxygen atoms in total. The van der Waals surface area contributed by atoms with E-state index in [4.69, 9.17) is 9.31 Å². The first kappa shape index (κ1) is 14.1. The highest BCUT2D eigenvalue weighted by atomic mass is 16.7. The van der Waals surface area contributed by atoms with Gasteiger partial charge in [-0.3, -0.25) is 0 Å². The largest absolute Gasteiger partial charge is 0.490 e. The minimum Gasteiger partial charge on any atom is -0.400 e. The smallest absolute Gasteiger partial charge is 0.400 e. The van der Waals surface area contributed by atoms with Gasteiger partial charge in [-0.25, -0.2) is 0 Å². The van der Waals surface area contributed by atoms with Crippen LogP contribution in [0.1, 0.15) is 66.7 Å². The summed E-state index contributed by atoms with van der Waals surface area (Å²) >= 11 is 0. The van der Waals surface area contributed by atoms with Crippen molar-refractivity contribution in [3.63, 3.8) is 0 Å². The lowest BCUT2D eigenvalue weighted by Gasteiger charge is -2.32. The van der Waals surface area contributed by atoms with Crippen LogP contribution in [0.15, 0.2) is 11.5 Å². The van der Waals surface area contributed by atoms with Gasteiger partial charge in [0.25, 0.3) is 0 Å². The zero-order valence-electron chi connectivity index (χ0n) is 12.6. The van der Waals surface area contributed by atoms with Crippen LogP contribution in [0, 0.1) is 5.92 Å². The first-order valence-corrected chi connectivity index (χ1v) is 7.40. The molecule has 1 saturated heterocycles. The fourth-order valence-corrected chi connectivity index (χ4v) is 2.74. The molecule has 1 fully saturated rings. The fraction of sp³-hybridized carbons (Fsp3) is 0.867. The van der Waals surface area contributed by atoms with Gasteiger partial charge >= 0.3 is 7.12 Å². The van der Waals surface area contributed by atoms with Crippen molar-refractivity contribution in [3.8, 4) is 0 Å². The van der Waals surface area contributed by atoms with Crippen molar-refractivity contribution < 1.29 is 9.31 Å². The zero-order chi connectivity index (χ0) is 13.4. The minimum atomic E-state index is -0.213. The normalized spacial score (nSPS) is 31.1. The number of hydrogen-bond donors (Lipinski definition) is 0. The van der Waals surface area contributed by atoms with Gasteiger partial charge in [0.1, 0.15) is 0 Å². The van der Waals surface area contributed by atoms with Gasteiger partial charge < -0.3 is 9.31 Å². The Hall–Kier alpha value is -0.275. The topological polar surface area (TPSA) is 18.5 Å². The molecule has 102 valence electrons. The lowest BCUT2D eigenvalue weighted by atomic mass is 9.75. The fourth-order valence-electron chi connectivity index (χ4n) is 2.74. The Labute approximate surface area is 112 Å². The van der Waals surface area contributed by atoms with E-state index in [1.54, 1.807) is 0 Å². The van der Waals surface area contributed by atoms with E-state index in [2.05, 4.69) is 40.7 Å². The van der Waals surface area contributed by atoms with Crippen molar-refractivity contribution in [2.75, 3.05) is 0 Å². The van der Waals surface area contributed by atoms with Crippen LogP contribution in [0.5, 0.6) is 0 Å². The summed E-state index contributed by atoms with van der Waals surface area (Å²) < 4.78 is 12.3. The van der Waals surface area contributed by atoms with Gasteiger partial charge in [-0.1, -0.05) is 19.4 Å². The summed E-state index contributed by atoms with van der Waals surface area (Å²) in [6.07, 6.45) is 8.57. The van der Waals surface area contributed by atoms with Gasteiger partial charge in [-0.05, 0) is 64.8 Å². The molecule has 2 aliphatic rings. The van der Waals surface area contributed by atoms with E-state index in [0.717, 1.165) is 12.3 Å². The number of allylic oxidation sites excluding steroid dienone is 2. The summed E-state index contributed by atoms with van der Waals surface area (Å²) in [5.41, 5.74) is 0.939. The maximum absolute atomic E-state index is 6.14. The Morgan fingerprint density at radius 3 is 2.33 bits per heavy atom. The van der Waals surface area contributed by atoms with Gasteiger partial charge in [0.05, 0.1) is 11.2 Å². The lowest BCUT2D eigenvalue weighted by Crippen LogP contribution is -2.41. The van der Waals surface area contributed by atoms with E-state index < -0.39 is 0 Å². The summed E-state index contributed by atoms with van der Waals surface area (Å²) in [7, 11) is -0.120. The molecule has 1 atom stereocenters. The Morgan fingerprint density at radius 2 is 1.78 bits per heavy atom. The van der Waals surface area contributed by atoms with Gasteiger partial charge in [-0.15, -0.1) is 0 Å². The highest BCUT2D eigenvalue weighted by Gasteiger charge is 2.52. The summed E-state index contributed by atoms with van der Waals surface area (Å²) in [5, 5.41) is 0. The number of hydrogen-bond acceptors (Lipinski definition) is 2. The van der Waals surface area contributed by atoms with Crippen LogP contribution in [0.2, 0.25) is 0 Å². The van der Waals surface area contributed by atoms with Crippen molar-refractivity contribution in [3.05, 3.63) is 11.5 Å². The Kier molecular flexibility index (Phi) is 3.94. The molecule has 0 bridgehead atoms. The second-order valence-electron chi connectivity index (χ2n) is 6.76. The summed E-state index contributed by atoms with van der Waals surface area (Å²) in [4.78, 5) is 0. The molecule has 1 aliphatic carbocycles. The van der Waals surface area contributed by atoms with Crippen molar-refractivity contribution in [1.29, 1.82) is 0 Å². The predicted octanol–water partition coefficient (Wildman–Crippen LogP) is 4.14. The van der Waals surface area contributed by atoms with Gasteiger partial charge in [0, 0.05) is 0 Å². The van der Waals surface area contributed by atoms with Crippen molar-refractivity contribution in [1.82, 2.24) is 0 Å². The number of rotatable bonds is 2. The molecule has 0 amide bonds. The molecule has 0 aromatic rings. The Morgan fingerprint density at radius 1 is 1.17 bits per heavy atom. The van der Waals surface area contributed by atoms with Gasteiger partial charge in [0.2, 0.25) is 0 Å². The molecule has 2 rings (SSSR count). The van der Waals surface area contributed by atoms with E-state index >= 15 is 0 Å². The maximum atomic E-state index is 6.14. The second kappa shape index (κ2) is 5.01. The highest BCUT2D eigenvalue weighted by Crippen LogP contribution is 2.40.